The minimum Gasteiger partial charge on any atom is -0.488 e. The molecule has 0 aliphatic heterocycles. The molecule has 0 radical (unpaired) electrons. The second-order valence-electron chi connectivity index (χ2n) is 5.15. The number of benzene rings is 2. The van der Waals surface area contributed by atoms with Gasteiger partial charge in [0.15, 0.2) is 5.69 Å². The number of para-hydroxylation sites is 1. The lowest BCUT2D eigenvalue weighted by molar-refractivity contribution is 0.0520. The molecule has 1 aromatic heterocycles. The largest absolute Gasteiger partial charge is 0.488 e. The summed E-state index contributed by atoms with van der Waals surface area (Å²) in [5, 5.41) is 10.4. The summed E-state index contributed by atoms with van der Waals surface area (Å²) < 4.78 is 23.8. The van der Waals surface area contributed by atoms with Crippen LogP contribution in [-0.2, 0) is 11.3 Å². The second kappa shape index (κ2) is 7.57. The standard InChI is InChI=1S/C18H16FN3O3/c1-2-24-18(23)17-16(20-22-21-17)14-5-3-4-6-15(14)25-11-12-7-9-13(19)10-8-12/h3-10H,2,11H2,1H3,(H,20,21,22). The lowest BCUT2D eigenvalue weighted by Gasteiger charge is -2.10. The molecular weight excluding hydrogens is 325 g/mol. The van der Waals surface area contributed by atoms with Gasteiger partial charge in [0, 0.05) is 5.56 Å². The van der Waals surface area contributed by atoms with Crippen molar-refractivity contribution >= 4 is 5.97 Å². The molecule has 3 rings (SSSR count). The van der Waals surface area contributed by atoms with E-state index in [4.69, 9.17) is 9.47 Å². The lowest BCUT2D eigenvalue weighted by atomic mass is 10.1. The number of ether oxygens (including phenoxy) is 2. The average Bonchev–Trinajstić information content (AvgIpc) is 3.11. The monoisotopic (exact) mass is 341 g/mol. The van der Waals surface area contributed by atoms with Gasteiger partial charge < -0.3 is 9.47 Å². The van der Waals surface area contributed by atoms with Gasteiger partial charge in [0.05, 0.1) is 6.61 Å². The first-order chi connectivity index (χ1) is 12.2. The van der Waals surface area contributed by atoms with E-state index in [1.54, 1.807) is 31.2 Å². The molecular formula is C18H16FN3O3. The van der Waals surface area contributed by atoms with Crippen molar-refractivity contribution in [3.8, 4) is 17.0 Å². The van der Waals surface area contributed by atoms with E-state index in [1.807, 2.05) is 12.1 Å². The van der Waals surface area contributed by atoms with Crippen molar-refractivity contribution in [1.29, 1.82) is 0 Å². The van der Waals surface area contributed by atoms with Gasteiger partial charge in [-0.15, -0.1) is 5.10 Å². The summed E-state index contributed by atoms with van der Waals surface area (Å²) in [4.78, 5) is 12.0. The molecule has 1 heterocycles. The van der Waals surface area contributed by atoms with Crippen LogP contribution in [0.25, 0.3) is 11.3 Å². The molecule has 6 nitrogen and oxygen atoms in total. The summed E-state index contributed by atoms with van der Waals surface area (Å²) >= 11 is 0. The zero-order valence-corrected chi connectivity index (χ0v) is 13.5. The van der Waals surface area contributed by atoms with Crippen molar-refractivity contribution in [2.45, 2.75) is 13.5 Å². The maximum atomic E-state index is 13.0. The summed E-state index contributed by atoms with van der Waals surface area (Å²) in [5.74, 6) is -0.323. The quantitative estimate of drug-likeness (QED) is 0.696. The number of H-pyrrole nitrogens is 1. The molecule has 3 aromatic rings. The van der Waals surface area contributed by atoms with Gasteiger partial charge >= 0.3 is 5.97 Å². The number of aromatic nitrogens is 3. The van der Waals surface area contributed by atoms with Gasteiger partial charge in [-0.25, -0.2) is 9.18 Å². The fourth-order valence-corrected chi connectivity index (χ4v) is 2.29. The molecule has 2 aromatic carbocycles. The van der Waals surface area contributed by atoms with Crippen molar-refractivity contribution < 1.29 is 18.7 Å². The Labute approximate surface area is 143 Å². The normalized spacial score (nSPS) is 10.5. The molecule has 0 amide bonds. The number of carbonyl (C=O) groups excluding carboxylic acids is 1. The first-order valence-electron chi connectivity index (χ1n) is 7.73. The zero-order chi connectivity index (χ0) is 17.6. The minimum absolute atomic E-state index is 0.0969. The molecule has 0 fully saturated rings. The third kappa shape index (κ3) is 3.82. The van der Waals surface area contributed by atoms with Gasteiger partial charge in [0.2, 0.25) is 0 Å². The van der Waals surface area contributed by atoms with Crippen LogP contribution in [0, 0.1) is 5.82 Å². The Morgan fingerprint density at radius 1 is 1.12 bits per heavy atom. The molecule has 0 unspecified atom stereocenters. The Morgan fingerprint density at radius 3 is 2.64 bits per heavy atom. The number of nitrogens with one attached hydrogen (secondary N) is 1. The second-order valence-corrected chi connectivity index (χ2v) is 5.15. The fourth-order valence-electron chi connectivity index (χ4n) is 2.29. The molecule has 0 saturated carbocycles. The van der Waals surface area contributed by atoms with E-state index in [1.165, 1.54) is 12.1 Å². The van der Waals surface area contributed by atoms with Gasteiger partial charge in [-0.2, -0.15) is 10.3 Å². The van der Waals surface area contributed by atoms with Crippen molar-refractivity contribution in [3.05, 3.63) is 65.6 Å². The van der Waals surface area contributed by atoms with E-state index in [0.29, 0.717) is 17.0 Å². The first kappa shape index (κ1) is 16.6. The Hall–Kier alpha value is -3.22. The Balaban J connectivity index is 1.85. The Morgan fingerprint density at radius 2 is 1.88 bits per heavy atom. The van der Waals surface area contributed by atoms with Crippen LogP contribution in [0.15, 0.2) is 48.5 Å². The number of carbonyl (C=O) groups is 1. The molecule has 25 heavy (non-hydrogen) atoms. The van der Waals surface area contributed by atoms with Crippen LogP contribution >= 0.6 is 0 Å². The smallest absolute Gasteiger partial charge is 0.361 e. The highest BCUT2D eigenvalue weighted by atomic mass is 19.1. The Bertz CT molecular complexity index is 862. The SMILES string of the molecule is CCOC(=O)c1n[nH]nc1-c1ccccc1OCc1ccc(F)cc1. The number of halogens is 1. The molecule has 0 spiro atoms. The molecule has 0 bridgehead atoms. The average molecular weight is 341 g/mol. The molecule has 0 aliphatic carbocycles. The summed E-state index contributed by atoms with van der Waals surface area (Å²) in [7, 11) is 0. The molecule has 0 atom stereocenters. The topological polar surface area (TPSA) is 77.1 Å². The minimum atomic E-state index is -0.556. The van der Waals surface area contributed by atoms with E-state index in [9.17, 15) is 9.18 Å². The highest BCUT2D eigenvalue weighted by Crippen LogP contribution is 2.30. The maximum Gasteiger partial charge on any atom is 0.361 e. The van der Waals surface area contributed by atoms with E-state index in [2.05, 4.69) is 15.4 Å². The van der Waals surface area contributed by atoms with Crippen LogP contribution in [0.1, 0.15) is 23.0 Å². The van der Waals surface area contributed by atoms with Crippen LogP contribution in [0.2, 0.25) is 0 Å². The van der Waals surface area contributed by atoms with Crippen LogP contribution in [0.3, 0.4) is 0 Å². The van der Waals surface area contributed by atoms with Crippen molar-refractivity contribution in [1.82, 2.24) is 15.4 Å². The third-order valence-electron chi connectivity index (χ3n) is 3.47. The number of hydrogen-bond acceptors (Lipinski definition) is 5. The summed E-state index contributed by atoms with van der Waals surface area (Å²) in [6.07, 6.45) is 0. The van der Waals surface area contributed by atoms with Crippen LogP contribution < -0.4 is 4.74 Å². The molecule has 7 heteroatoms. The van der Waals surface area contributed by atoms with E-state index in [0.717, 1.165) is 5.56 Å². The van der Waals surface area contributed by atoms with Crippen molar-refractivity contribution in [3.63, 3.8) is 0 Å². The highest BCUT2D eigenvalue weighted by Gasteiger charge is 2.21. The molecule has 0 aliphatic rings. The summed E-state index contributed by atoms with van der Waals surface area (Å²) in [6.45, 7) is 2.22. The predicted molar refractivity (Wildman–Crippen MR) is 88.5 cm³/mol. The van der Waals surface area contributed by atoms with Gasteiger partial charge in [-0.05, 0) is 36.8 Å². The number of rotatable bonds is 6. The van der Waals surface area contributed by atoms with E-state index in [-0.39, 0.29) is 24.7 Å². The molecule has 0 saturated heterocycles. The van der Waals surface area contributed by atoms with Crippen LogP contribution in [-0.4, -0.2) is 28.0 Å². The number of aromatic amines is 1. The summed E-state index contributed by atoms with van der Waals surface area (Å²) in [5.41, 5.74) is 1.89. The van der Waals surface area contributed by atoms with Gasteiger partial charge in [0.25, 0.3) is 0 Å². The lowest BCUT2D eigenvalue weighted by Crippen LogP contribution is -2.07. The fraction of sp³-hybridized carbons (Fsp3) is 0.167. The molecule has 1 N–H and O–H groups in total. The number of esters is 1. The summed E-state index contributed by atoms with van der Waals surface area (Å²) in [6, 6.07) is 13.2. The van der Waals surface area contributed by atoms with Gasteiger partial charge in [0.1, 0.15) is 23.9 Å². The third-order valence-corrected chi connectivity index (χ3v) is 3.47. The Kier molecular flexibility index (Phi) is 5.03. The predicted octanol–water partition coefficient (Wildman–Crippen LogP) is 3.37. The van der Waals surface area contributed by atoms with Gasteiger partial charge in [-0.3, -0.25) is 0 Å². The first-order valence-corrected chi connectivity index (χ1v) is 7.73. The number of nitrogens with zero attached hydrogens (tertiary/aromatic N) is 2. The van der Waals surface area contributed by atoms with Crippen LogP contribution in [0.5, 0.6) is 5.75 Å². The highest BCUT2D eigenvalue weighted by molar-refractivity contribution is 5.94. The maximum absolute atomic E-state index is 13.0. The van der Waals surface area contributed by atoms with E-state index >= 15 is 0 Å². The number of hydrogen-bond donors (Lipinski definition) is 1. The van der Waals surface area contributed by atoms with Gasteiger partial charge in [-0.1, -0.05) is 24.3 Å². The van der Waals surface area contributed by atoms with Crippen molar-refractivity contribution in [2.75, 3.05) is 6.61 Å². The zero-order valence-electron chi connectivity index (χ0n) is 13.5. The molecule has 128 valence electrons. The van der Waals surface area contributed by atoms with E-state index < -0.39 is 5.97 Å². The van der Waals surface area contributed by atoms with Crippen LogP contribution in [0.4, 0.5) is 4.39 Å². The van der Waals surface area contributed by atoms with Crippen molar-refractivity contribution in [2.24, 2.45) is 0 Å².